The van der Waals surface area contributed by atoms with E-state index in [2.05, 4.69) is 6.58 Å². The lowest BCUT2D eigenvalue weighted by atomic mass is 10.1. The van der Waals surface area contributed by atoms with Crippen molar-refractivity contribution in [1.82, 2.24) is 0 Å². The molecule has 1 heterocycles. The molecule has 0 aliphatic carbocycles. The Morgan fingerprint density at radius 2 is 2.11 bits per heavy atom. The quantitative estimate of drug-likeness (QED) is 0.703. The molecule has 4 heteroatoms. The fourth-order valence-corrected chi connectivity index (χ4v) is 1.90. The normalized spacial score (nSPS) is 14.7. The highest BCUT2D eigenvalue weighted by Crippen LogP contribution is 2.37. The zero-order chi connectivity index (χ0) is 13.5. The number of nitrogens with zero attached hydrogens (tertiary/aromatic N) is 1. The van der Waals surface area contributed by atoms with Gasteiger partial charge in [0.1, 0.15) is 11.4 Å². The first kappa shape index (κ1) is 12.6. The average molecular weight is 249 g/mol. The van der Waals surface area contributed by atoms with Crippen molar-refractivity contribution in [3.8, 4) is 0 Å². The van der Waals surface area contributed by atoms with E-state index in [1.54, 1.807) is 32.9 Å². The molecule has 1 aliphatic heterocycles. The SMILES string of the molecule is C=C1CN(C(=O)OC(C)(C)C)c2c(F)cccc21. The van der Waals surface area contributed by atoms with Crippen molar-refractivity contribution in [2.75, 3.05) is 11.4 Å². The number of ether oxygens (including phenoxy) is 1. The summed E-state index contributed by atoms with van der Waals surface area (Å²) in [6.07, 6.45) is -0.549. The number of anilines is 1. The number of benzene rings is 1. The smallest absolute Gasteiger partial charge is 0.415 e. The summed E-state index contributed by atoms with van der Waals surface area (Å²) in [7, 11) is 0. The van der Waals surface area contributed by atoms with Gasteiger partial charge >= 0.3 is 6.09 Å². The minimum atomic E-state index is -0.605. The van der Waals surface area contributed by atoms with Gasteiger partial charge < -0.3 is 4.74 Å². The monoisotopic (exact) mass is 249 g/mol. The molecule has 96 valence electrons. The first-order chi connectivity index (χ1) is 8.29. The number of hydrogen-bond donors (Lipinski definition) is 0. The van der Waals surface area contributed by atoms with Crippen LogP contribution >= 0.6 is 0 Å². The van der Waals surface area contributed by atoms with Crippen LogP contribution in [0, 0.1) is 5.82 Å². The second-order valence-corrected chi connectivity index (χ2v) is 5.31. The number of rotatable bonds is 0. The third-order valence-corrected chi connectivity index (χ3v) is 2.60. The Labute approximate surface area is 106 Å². The third-order valence-electron chi connectivity index (χ3n) is 2.60. The molecule has 1 aromatic carbocycles. The zero-order valence-electron chi connectivity index (χ0n) is 10.8. The van der Waals surface area contributed by atoms with Crippen LogP contribution in [0.5, 0.6) is 0 Å². The minimum absolute atomic E-state index is 0.261. The minimum Gasteiger partial charge on any atom is -0.443 e. The first-order valence-corrected chi connectivity index (χ1v) is 5.77. The molecule has 0 saturated carbocycles. The first-order valence-electron chi connectivity index (χ1n) is 5.77. The molecular weight excluding hydrogens is 233 g/mol. The van der Waals surface area contributed by atoms with Crippen LogP contribution in [0.2, 0.25) is 0 Å². The predicted molar refractivity (Wildman–Crippen MR) is 69.0 cm³/mol. The van der Waals surface area contributed by atoms with Gasteiger partial charge in [-0.2, -0.15) is 0 Å². The van der Waals surface area contributed by atoms with E-state index in [-0.39, 0.29) is 12.2 Å². The van der Waals surface area contributed by atoms with Gasteiger partial charge in [-0.1, -0.05) is 18.7 Å². The highest BCUT2D eigenvalue weighted by atomic mass is 19.1. The summed E-state index contributed by atoms with van der Waals surface area (Å²) in [5, 5.41) is 0. The molecule has 0 fully saturated rings. The molecule has 2 rings (SSSR count). The molecule has 0 radical (unpaired) electrons. The lowest BCUT2D eigenvalue weighted by Gasteiger charge is -2.24. The van der Waals surface area contributed by atoms with Crippen molar-refractivity contribution >= 4 is 17.4 Å². The molecule has 0 bridgehead atoms. The van der Waals surface area contributed by atoms with Gasteiger partial charge in [-0.05, 0) is 32.4 Å². The van der Waals surface area contributed by atoms with Gasteiger partial charge in [0.25, 0.3) is 0 Å². The van der Waals surface area contributed by atoms with Crippen molar-refractivity contribution in [1.29, 1.82) is 0 Å². The maximum absolute atomic E-state index is 13.8. The van der Waals surface area contributed by atoms with E-state index in [1.165, 1.54) is 11.0 Å². The van der Waals surface area contributed by atoms with Gasteiger partial charge in [-0.3, -0.25) is 4.90 Å². The summed E-state index contributed by atoms with van der Waals surface area (Å²) in [5.74, 6) is -0.433. The van der Waals surface area contributed by atoms with Crippen molar-refractivity contribution in [2.45, 2.75) is 26.4 Å². The van der Waals surface area contributed by atoms with E-state index in [0.717, 1.165) is 5.57 Å². The Kier molecular flexibility index (Phi) is 2.89. The van der Waals surface area contributed by atoms with Gasteiger partial charge in [0.15, 0.2) is 0 Å². The van der Waals surface area contributed by atoms with Gasteiger partial charge in [0.2, 0.25) is 0 Å². The summed E-state index contributed by atoms with van der Waals surface area (Å²) in [6.45, 7) is 9.45. The molecule has 1 aromatic rings. The van der Waals surface area contributed by atoms with E-state index in [9.17, 15) is 9.18 Å². The van der Waals surface area contributed by atoms with Gasteiger partial charge in [-0.25, -0.2) is 9.18 Å². The zero-order valence-corrected chi connectivity index (χ0v) is 10.8. The highest BCUT2D eigenvalue weighted by molar-refractivity contribution is 5.99. The number of hydrogen-bond acceptors (Lipinski definition) is 2. The second kappa shape index (κ2) is 4.12. The molecule has 18 heavy (non-hydrogen) atoms. The summed E-state index contributed by atoms with van der Waals surface area (Å²) in [6, 6.07) is 4.69. The largest absolute Gasteiger partial charge is 0.443 e. The molecule has 0 spiro atoms. The van der Waals surface area contributed by atoms with Gasteiger partial charge in [0, 0.05) is 5.56 Å². The molecule has 3 nitrogen and oxygen atoms in total. The summed E-state index contributed by atoms with van der Waals surface area (Å²) < 4.78 is 19.1. The van der Waals surface area contributed by atoms with Crippen molar-refractivity contribution in [3.05, 3.63) is 36.2 Å². The summed E-state index contributed by atoms with van der Waals surface area (Å²) in [4.78, 5) is 13.3. The van der Waals surface area contributed by atoms with Crippen LogP contribution in [0.3, 0.4) is 0 Å². The van der Waals surface area contributed by atoms with Gasteiger partial charge in [-0.15, -0.1) is 0 Å². The Morgan fingerprint density at radius 1 is 1.44 bits per heavy atom. The van der Waals surface area contributed by atoms with Crippen LogP contribution in [0.25, 0.3) is 5.57 Å². The van der Waals surface area contributed by atoms with Crippen molar-refractivity contribution < 1.29 is 13.9 Å². The van der Waals surface area contributed by atoms with E-state index in [0.29, 0.717) is 5.56 Å². The molecule has 0 N–H and O–H groups in total. The van der Waals surface area contributed by atoms with Crippen LogP contribution < -0.4 is 4.90 Å². The van der Waals surface area contributed by atoms with Crippen LogP contribution in [0.4, 0.5) is 14.9 Å². The number of amides is 1. The van der Waals surface area contributed by atoms with Crippen molar-refractivity contribution in [2.24, 2.45) is 0 Å². The fourth-order valence-electron chi connectivity index (χ4n) is 1.90. The third kappa shape index (κ3) is 2.23. The maximum atomic E-state index is 13.8. The molecule has 0 aromatic heterocycles. The molecule has 0 atom stereocenters. The Balaban J connectivity index is 2.35. The number of carbonyl (C=O) groups is 1. The van der Waals surface area contributed by atoms with E-state index in [4.69, 9.17) is 4.74 Å². The molecule has 1 amide bonds. The molecule has 0 unspecified atom stereocenters. The number of para-hydroxylation sites is 1. The van der Waals surface area contributed by atoms with Gasteiger partial charge in [0.05, 0.1) is 12.2 Å². The summed E-state index contributed by atoms with van der Waals surface area (Å²) >= 11 is 0. The van der Waals surface area contributed by atoms with E-state index in [1.807, 2.05) is 0 Å². The molecular formula is C14H16FNO2. The van der Waals surface area contributed by atoms with Crippen LogP contribution in [-0.4, -0.2) is 18.2 Å². The second-order valence-electron chi connectivity index (χ2n) is 5.31. The lowest BCUT2D eigenvalue weighted by molar-refractivity contribution is 0.0585. The van der Waals surface area contributed by atoms with Crippen LogP contribution in [0.15, 0.2) is 24.8 Å². The van der Waals surface area contributed by atoms with Crippen LogP contribution in [-0.2, 0) is 4.74 Å². The fraction of sp³-hybridized carbons (Fsp3) is 0.357. The highest BCUT2D eigenvalue weighted by Gasteiger charge is 2.32. The number of carbonyl (C=O) groups excluding carboxylic acids is 1. The van der Waals surface area contributed by atoms with E-state index < -0.39 is 17.5 Å². The Morgan fingerprint density at radius 3 is 2.72 bits per heavy atom. The molecule has 1 aliphatic rings. The number of fused-ring (bicyclic) bond motifs is 1. The average Bonchev–Trinajstić information content (AvgIpc) is 2.56. The predicted octanol–water partition coefficient (Wildman–Crippen LogP) is 3.59. The maximum Gasteiger partial charge on any atom is 0.415 e. The van der Waals surface area contributed by atoms with E-state index >= 15 is 0 Å². The Bertz CT molecular complexity index is 517. The topological polar surface area (TPSA) is 29.5 Å². The van der Waals surface area contributed by atoms with Crippen molar-refractivity contribution in [3.63, 3.8) is 0 Å². The number of halogens is 1. The Hall–Kier alpha value is -1.84. The van der Waals surface area contributed by atoms with Crippen LogP contribution in [0.1, 0.15) is 26.3 Å². The lowest BCUT2D eigenvalue weighted by Crippen LogP contribution is -2.35. The molecule has 0 saturated heterocycles. The summed E-state index contributed by atoms with van der Waals surface area (Å²) in [5.41, 5.74) is 1.04. The standard InChI is InChI=1S/C14H16FNO2/c1-9-8-16(13(17)18-14(2,3)4)12-10(9)6-5-7-11(12)15/h5-7H,1,8H2,2-4H3.